The Bertz CT molecular complexity index is 1240. The monoisotopic (exact) mass is 450 g/mol. The number of rotatable bonds is 10. The van der Waals surface area contributed by atoms with Gasteiger partial charge in [0.15, 0.2) is 0 Å². The molecule has 4 rings (SSSR count). The van der Waals surface area contributed by atoms with E-state index in [1.165, 1.54) is 11.1 Å². The van der Waals surface area contributed by atoms with Crippen LogP contribution in [0.4, 0.5) is 0 Å². The molecule has 0 unspecified atom stereocenters. The first kappa shape index (κ1) is 23.2. The Kier molecular flexibility index (Phi) is 7.71. The van der Waals surface area contributed by atoms with E-state index in [0.29, 0.717) is 18.5 Å². The highest BCUT2D eigenvalue weighted by Gasteiger charge is 2.14. The van der Waals surface area contributed by atoms with Crippen LogP contribution in [-0.4, -0.2) is 20.6 Å². The first-order valence-corrected chi connectivity index (χ1v) is 11.8. The molecule has 0 aliphatic heterocycles. The van der Waals surface area contributed by atoms with Crippen molar-refractivity contribution in [2.45, 2.75) is 39.2 Å². The number of aryl methyl sites for hydroxylation is 1. The van der Waals surface area contributed by atoms with Gasteiger partial charge in [0.25, 0.3) is 0 Å². The van der Waals surface area contributed by atoms with E-state index in [2.05, 4.69) is 52.9 Å². The molecule has 0 radical (unpaired) electrons. The van der Waals surface area contributed by atoms with E-state index < -0.39 is 5.97 Å². The molecule has 0 atom stereocenters. The summed E-state index contributed by atoms with van der Waals surface area (Å²) in [6.45, 7) is 2.82. The molecule has 3 aromatic carbocycles. The lowest BCUT2D eigenvalue weighted by Crippen LogP contribution is -2.09. The minimum atomic E-state index is -0.904. The maximum atomic E-state index is 12.0. The Morgan fingerprint density at radius 2 is 1.53 bits per heavy atom. The zero-order valence-electron chi connectivity index (χ0n) is 19.5. The Balaban J connectivity index is 1.63. The summed E-state index contributed by atoms with van der Waals surface area (Å²) in [6, 6.07) is 28.6. The van der Waals surface area contributed by atoms with Gasteiger partial charge in [0.2, 0.25) is 0 Å². The molecule has 0 aliphatic carbocycles. The van der Waals surface area contributed by atoms with Crippen molar-refractivity contribution in [2.24, 2.45) is 0 Å². The van der Waals surface area contributed by atoms with Gasteiger partial charge < -0.3 is 9.67 Å². The van der Waals surface area contributed by atoms with Gasteiger partial charge in [-0.2, -0.15) is 0 Å². The third kappa shape index (κ3) is 5.90. The van der Waals surface area contributed by atoms with Gasteiger partial charge >= 0.3 is 5.97 Å². The lowest BCUT2D eigenvalue weighted by molar-refractivity contribution is -0.132. The van der Waals surface area contributed by atoms with Gasteiger partial charge in [-0.15, -0.1) is 0 Å². The van der Waals surface area contributed by atoms with Crippen molar-refractivity contribution in [3.63, 3.8) is 0 Å². The maximum Gasteiger partial charge on any atom is 0.331 e. The van der Waals surface area contributed by atoms with Crippen LogP contribution >= 0.6 is 0 Å². The normalized spacial score (nSPS) is 11.5. The van der Waals surface area contributed by atoms with Gasteiger partial charge in [-0.05, 0) is 34.8 Å². The average molecular weight is 451 g/mol. The van der Waals surface area contributed by atoms with Crippen LogP contribution in [0.5, 0.6) is 0 Å². The molecular weight excluding hydrogens is 420 g/mol. The number of carbonyl (C=O) groups is 1. The predicted octanol–water partition coefficient (Wildman–Crippen LogP) is 6.65. The average Bonchev–Trinajstić information content (AvgIpc) is 3.24. The van der Waals surface area contributed by atoms with Crippen LogP contribution in [0.25, 0.3) is 17.2 Å². The van der Waals surface area contributed by atoms with E-state index in [1.807, 2.05) is 48.5 Å². The number of carboxylic acids is 1. The highest BCUT2D eigenvalue weighted by atomic mass is 16.4. The number of carboxylic acid groups (broad SMARTS) is 1. The number of hydrogen-bond acceptors (Lipinski definition) is 2. The minimum Gasteiger partial charge on any atom is -0.478 e. The molecule has 0 aliphatic rings. The highest BCUT2D eigenvalue weighted by Crippen LogP contribution is 2.22. The van der Waals surface area contributed by atoms with Gasteiger partial charge in [0, 0.05) is 25.0 Å². The number of imidazole rings is 1. The van der Waals surface area contributed by atoms with Crippen LogP contribution in [-0.2, 0) is 24.2 Å². The topological polar surface area (TPSA) is 55.1 Å². The van der Waals surface area contributed by atoms with E-state index in [0.717, 1.165) is 41.9 Å². The number of benzene rings is 3. The number of hydrogen-bond donors (Lipinski definition) is 1. The third-order valence-corrected chi connectivity index (χ3v) is 5.96. The van der Waals surface area contributed by atoms with Crippen molar-refractivity contribution < 1.29 is 9.90 Å². The molecule has 4 nitrogen and oxygen atoms in total. The summed E-state index contributed by atoms with van der Waals surface area (Å²) < 4.78 is 2.15. The summed E-state index contributed by atoms with van der Waals surface area (Å²) in [5, 5.41) is 9.87. The quantitative estimate of drug-likeness (QED) is 0.275. The fourth-order valence-electron chi connectivity index (χ4n) is 4.06. The van der Waals surface area contributed by atoms with Gasteiger partial charge in [0.05, 0.1) is 11.9 Å². The number of aromatic nitrogens is 2. The van der Waals surface area contributed by atoms with Crippen molar-refractivity contribution in [2.75, 3.05) is 0 Å². The molecule has 0 saturated carbocycles. The van der Waals surface area contributed by atoms with E-state index >= 15 is 0 Å². The lowest BCUT2D eigenvalue weighted by Gasteiger charge is -2.12. The molecule has 0 fully saturated rings. The van der Waals surface area contributed by atoms with Crippen LogP contribution in [0.1, 0.15) is 42.4 Å². The van der Waals surface area contributed by atoms with E-state index in [9.17, 15) is 9.90 Å². The first-order valence-electron chi connectivity index (χ1n) is 11.8. The molecule has 0 bridgehead atoms. The molecule has 1 N–H and O–H groups in total. The zero-order chi connectivity index (χ0) is 23.8. The fraction of sp³-hybridized carbons (Fsp3) is 0.200. The molecule has 4 aromatic rings. The van der Waals surface area contributed by atoms with Crippen LogP contribution in [0, 0.1) is 0 Å². The summed E-state index contributed by atoms with van der Waals surface area (Å²) in [4.78, 5) is 16.7. The largest absolute Gasteiger partial charge is 0.478 e. The summed E-state index contributed by atoms with van der Waals surface area (Å²) >= 11 is 0. The number of nitrogens with zero attached hydrogens (tertiary/aromatic N) is 2. The molecule has 4 heteroatoms. The molecule has 1 aromatic heterocycles. The van der Waals surface area contributed by atoms with Crippen LogP contribution < -0.4 is 0 Å². The number of aliphatic carboxylic acids is 1. The Hall–Kier alpha value is -3.92. The van der Waals surface area contributed by atoms with Crippen molar-refractivity contribution in [1.82, 2.24) is 9.55 Å². The van der Waals surface area contributed by atoms with E-state index in [4.69, 9.17) is 0 Å². The Labute approximate surface area is 201 Å². The minimum absolute atomic E-state index is 0.355. The van der Waals surface area contributed by atoms with E-state index in [1.54, 1.807) is 12.3 Å². The van der Waals surface area contributed by atoms with Crippen molar-refractivity contribution in [1.29, 1.82) is 0 Å². The second kappa shape index (κ2) is 11.3. The van der Waals surface area contributed by atoms with Crippen LogP contribution in [0.3, 0.4) is 0 Å². The Morgan fingerprint density at radius 1 is 0.882 bits per heavy atom. The van der Waals surface area contributed by atoms with Gasteiger partial charge in [-0.3, -0.25) is 0 Å². The van der Waals surface area contributed by atoms with Gasteiger partial charge in [-0.1, -0.05) is 98.3 Å². The molecule has 0 spiro atoms. The van der Waals surface area contributed by atoms with Crippen LogP contribution in [0.2, 0.25) is 0 Å². The summed E-state index contributed by atoms with van der Waals surface area (Å²) in [5.74, 6) is 0.0867. The van der Waals surface area contributed by atoms with E-state index in [-0.39, 0.29) is 0 Å². The fourth-order valence-corrected chi connectivity index (χ4v) is 4.06. The van der Waals surface area contributed by atoms with Crippen molar-refractivity contribution >= 4 is 12.0 Å². The standard InChI is InChI=1S/C30H30N2O2/c1-2-3-14-29-31-21-28(20-27(30(33)34)19-23-10-6-4-7-11-23)32(29)22-24-15-17-26(18-16-24)25-12-8-5-9-13-25/h4-13,15-18,20-21H,2-3,14,19,22H2,1H3,(H,33,34). The van der Waals surface area contributed by atoms with Crippen molar-refractivity contribution in [3.05, 3.63) is 119 Å². The van der Waals surface area contributed by atoms with Gasteiger partial charge in [-0.25, -0.2) is 9.78 Å². The maximum absolute atomic E-state index is 12.0. The second-order valence-corrected chi connectivity index (χ2v) is 8.49. The Morgan fingerprint density at radius 3 is 2.18 bits per heavy atom. The summed E-state index contributed by atoms with van der Waals surface area (Å²) in [6.07, 6.45) is 6.94. The predicted molar refractivity (Wildman–Crippen MR) is 138 cm³/mol. The van der Waals surface area contributed by atoms with Gasteiger partial charge in [0.1, 0.15) is 5.82 Å². The highest BCUT2D eigenvalue weighted by molar-refractivity contribution is 5.92. The third-order valence-electron chi connectivity index (χ3n) is 5.96. The molecular formula is C30H30N2O2. The smallest absolute Gasteiger partial charge is 0.331 e. The van der Waals surface area contributed by atoms with Crippen molar-refractivity contribution in [3.8, 4) is 11.1 Å². The molecule has 172 valence electrons. The zero-order valence-corrected chi connectivity index (χ0v) is 19.5. The molecule has 34 heavy (non-hydrogen) atoms. The second-order valence-electron chi connectivity index (χ2n) is 8.49. The summed E-state index contributed by atoms with van der Waals surface area (Å²) in [5.41, 5.74) is 5.68. The lowest BCUT2D eigenvalue weighted by atomic mass is 10.0. The van der Waals surface area contributed by atoms with Crippen LogP contribution in [0.15, 0.2) is 96.7 Å². The molecule has 0 saturated heterocycles. The number of unbranched alkanes of at least 4 members (excludes halogenated alkanes) is 1. The molecule has 1 heterocycles. The SMILES string of the molecule is CCCCc1ncc(C=C(Cc2ccccc2)C(=O)O)n1Cc1ccc(-c2ccccc2)cc1. The first-order chi connectivity index (χ1) is 16.6. The molecule has 0 amide bonds. The summed E-state index contributed by atoms with van der Waals surface area (Å²) in [7, 11) is 0.